The molecule has 0 atom stereocenters. The van der Waals surface area contributed by atoms with Gasteiger partial charge in [0.15, 0.2) is 5.84 Å². The van der Waals surface area contributed by atoms with Gasteiger partial charge in [0.05, 0.1) is 0 Å². The molecule has 2 fully saturated rings. The minimum absolute atomic E-state index is 0.0517. The number of nitrogens with zero attached hydrogens (tertiary/aromatic N) is 2. The Morgan fingerprint density at radius 1 is 1.32 bits per heavy atom. The number of likely N-dealkylation sites (tertiary alicyclic amines) is 1. The first-order valence-corrected chi connectivity index (χ1v) is 7.18. The van der Waals surface area contributed by atoms with Crippen molar-refractivity contribution >= 4 is 11.7 Å². The van der Waals surface area contributed by atoms with Crippen molar-refractivity contribution in [1.82, 2.24) is 10.2 Å². The molecule has 0 unspecified atom stereocenters. The molecule has 6 heteroatoms. The second-order valence-corrected chi connectivity index (χ2v) is 5.58. The van der Waals surface area contributed by atoms with Crippen LogP contribution in [0.2, 0.25) is 0 Å². The smallest absolute Gasteiger partial charge is 0.233 e. The molecule has 1 saturated carbocycles. The maximum atomic E-state index is 12.1. The summed E-state index contributed by atoms with van der Waals surface area (Å²) in [7, 11) is 0. The van der Waals surface area contributed by atoms with Crippen molar-refractivity contribution in [2.24, 2.45) is 16.3 Å². The molecule has 108 valence electrons. The number of nitrogens with one attached hydrogen (secondary N) is 1. The lowest BCUT2D eigenvalue weighted by atomic mass is 9.67. The average molecular weight is 268 g/mol. The molecule has 1 heterocycles. The first-order chi connectivity index (χ1) is 9.19. The number of amidine groups is 1. The minimum Gasteiger partial charge on any atom is -0.409 e. The number of hydrogen-bond acceptors (Lipinski definition) is 4. The molecule has 1 aliphatic heterocycles. The molecular formula is C13H24N4O2. The number of hydrogen-bond donors (Lipinski definition) is 3. The van der Waals surface area contributed by atoms with Crippen LogP contribution in [0.3, 0.4) is 0 Å². The van der Waals surface area contributed by atoms with Gasteiger partial charge >= 0.3 is 0 Å². The zero-order valence-corrected chi connectivity index (χ0v) is 11.4. The van der Waals surface area contributed by atoms with Gasteiger partial charge in [0.25, 0.3) is 0 Å². The van der Waals surface area contributed by atoms with Crippen LogP contribution in [0.1, 0.15) is 38.5 Å². The highest BCUT2D eigenvalue weighted by Crippen LogP contribution is 2.41. The van der Waals surface area contributed by atoms with Gasteiger partial charge in [-0.2, -0.15) is 0 Å². The van der Waals surface area contributed by atoms with Crippen LogP contribution in [0.15, 0.2) is 5.16 Å². The fourth-order valence-electron chi connectivity index (χ4n) is 2.91. The van der Waals surface area contributed by atoms with Crippen LogP contribution in [0.4, 0.5) is 0 Å². The molecule has 0 aromatic rings. The largest absolute Gasteiger partial charge is 0.409 e. The van der Waals surface area contributed by atoms with Crippen LogP contribution in [0, 0.1) is 5.41 Å². The van der Waals surface area contributed by atoms with E-state index >= 15 is 0 Å². The van der Waals surface area contributed by atoms with E-state index in [1.165, 1.54) is 25.9 Å². The van der Waals surface area contributed by atoms with Crippen LogP contribution >= 0.6 is 0 Å². The summed E-state index contributed by atoms with van der Waals surface area (Å²) in [6.45, 7) is 4.07. The Bertz CT molecular complexity index is 347. The van der Waals surface area contributed by atoms with E-state index in [-0.39, 0.29) is 11.7 Å². The molecular weight excluding hydrogens is 244 g/mol. The Morgan fingerprint density at radius 2 is 2.00 bits per heavy atom. The van der Waals surface area contributed by atoms with Gasteiger partial charge in [-0.25, -0.2) is 0 Å². The molecule has 1 amide bonds. The summed E-state index contributed by atoms with van der Waals surface area (Å²) in [5.74, 6) is -0.0359. The number of amides is 1. The second-order valence-electron chi connectivity index (χ2n) is 5.58. The predicted octanol–water partition coefficient (Wildman–Crippen LogP) is 0.505. The quantitative estimate of drug-likeness (QED) is 0.215. The molecule has 0 spiro atoms. The van der Waals surface area contributed by atoms with Crippen molar-refractivity contribution in [3.05, 3.63) is 0 Å². The summed E-state index contributed by atoms with van der Waals surface area (Å²) < 4.78 is 0. The first-order valence-electron chi connectivity index (χ1n) is 7.18. The fraction of sp³-hybridized carbons (Fsp3) is 0.846. The van der Waals surface area contributed by atoms with Gasteiger partial charge in [-0.05, 0) is 51.7 Å². The Labute approximate surface area is 114 Å². The number of carbonyl (C=O) groups is 1. The summed E-state index contributed by atoms with van der Waals surface area (Å²) in [6.07, 6.45) is 5.86. The lowest BCUT2D eigenvalue weighted by molar-refractivity contribution is -0.131. The van der Waals surface area contributed by atoms with Crippen LogP contribution in [-0.2, 0) is 4.79 Å². The molecule has 6 nitrogen and oxygen atoms in total. The fourth-order valence-corrected chi connectivity index (χ4v) is 2.91. The number of oxime groups is 1. The Balaban J connectivity index is 1.71. The van der Waals surface area contributed by atoms with Crippen molar-refractivity contribution in [3.63, 3.8) is 0 Å². The van der Waals surface area contributed by atoms with Gasteiger partial charge in [0.1, 0.15) is 5.41 Å². The van der Waals surface area contributed by atoms with E-state index in [0.717, 1.165) is 19.4 Å². The van der Waals surface area contributed by atoms with Gasteiger partial charge in [-0.1, -0.05) is 11.6 Å². The van der Waals surface area contributed by atoms with Gasteiger partial charge in [0.2, 0.25) is 5.91 Å². The standard InChI is InChI=1S/C13H24N4O2/c14-11(16-19)13(5-3-6-13)12(18)15-7-4-10-17-8-1-2-9-17/h19H,1-10H2,(H2,14,16)(H,15,18). The monoisotopic (exact) mass is 268 g/mol. The highest BCUT2D eigenvalue weighted by Gasteiger charge is 2.48. The number of carbonyl (C=O) groups excluding carboxylic acids is 1. The molecule has 2 rings (SSSR count). The maximum absolute atomic E-state index is 12.1. The van der Waals surface area contributed by atoms with E-state index in [1.807, 2.05) is 0 Å². The highest BCUT2D eigenvalue weighted by atomic mass is 16.4. The van der Waals surface area contributed by atoms with Gasteiger partial charge in [-0.3, -0.25) is 4.79 Å². The van der Waals surface area contributed by atoms with Crippen LogP contribution in [0.25, 0.3) is 0 Å². The second kappa shape index (κ2) is 6.23. The van der Waals surface area contributed by atoms with Crippen molar-refractivity contribution < 1.29 is 10.0 Å². The number of rotatable bonds is 6. The van der Waals surface area contributed by atoms with Crippen LogP contribution < -0.4 is 11.1 Å². The van der Waals surface area contributed by atoms with Crippen molar-refractivity contribution in [2.45, 2.75) is 38.5 Å². The SMILES string of the molecule is NC(=NO)C1(C(=O)NCCCN2CCCC2)CCC1. The van der Waals surface area contributed by atoms with E-state index in [4.69, 9.17) is 10.9 Å². The zero-order chi connectivity index (χ0) is 13.7. The van der Waals surface area contributed by atoms with E-state index in [9.17, 15) is 4.79 Å². The Morgan fingerprint density at radius 3 is 2.53 bits per heavy atom. The van der Waals surface area contributed by atoms with E-state index in [0.29, 0.717) is 19.4 Å². The lowest BCUT2D eigenvalue weighted by Crippen LogP contribution is -2.54. The van der Waals surface area contributed by atoms with E-state index in [2.05, 4.69) is 15.4 Å². The summed E-state index contributed by atoms with van der Waals surface area (Å²) in [6, 6.07) is 0. The van der Waals surface area contributed by atoms with Gasteiger partial charge in [-0.15, -0.1) is 0 Å². The van der Waals surface area contributed by atoms with Crippen molar-refractivity contribution in [3.8, 4) is 0 Å². The highest BCUT2D eigenvalue weighted by molar-refractivity contribution is 6.07. The summed E-state index contributed by atoms with van der Waals surface area (Å²) in [4.78, 5) is 14.6. The van der Waals surface area contributed by atoms with Crippen LogP contribution in [-0.4, -0.2) is 48.0 Å². The number of nitrogens with two attached hydrogens (primary N) is 1. The molecule has 0 radical (unpaired) electrons. The summed E-state index contributed by atoms with van der Waals surface area (Å²) >= 11 is 0. The molecule has 19 heavy (non-hydrogen) atoms. The molecule has 1 aliphatic carbocycles. The third-order valence-electron chi connectivity index (χ3n) is 4.38. The van der Waals surface area contributed by atoms with Crippen molar-refractivity contribution in [1.29, 1.82) is 0 Å². The van der Waals surface area contributed by atoms with Crippen LogP contribution in [0.5, 0.6) is 0 Å². The predicted molar refractivity (Wildman–Crippen MR) is 73.0 cm³/mol. The molecule has 4 N–H and O–H groups in total. The topological polar surface area (TPSA) is 91.0 Å². The summed E-state index contributed by atoms with van der Waals surface area (Å²) in [5, 5.41) is 14.7. The Kier molecular flexibility index (Phi) is 4.63. The molecule has 0 aromatic heterocycles. The molecule has 1 saturated heterocycles. The van der Waals surface area contributed by atoms with Crippen molar-refractivity contribution in [2.75, 3.05) is 26.2 Å². The van der Waals surface area contributed by atoms with E-state index in [1.54, 1.807) is 0 Å². The molecule has 0 aromatic carbocycles. The average Bonchev–Trinajstić information content (AvgIpc) is 2.86. The van der Waals surface area contributed by atoms with Gasteiger partial charge in [0, 0.05) is 6.54 Å². The third-order valence-corrected chi connectivity index (χ3v) is 4.38. The normalized spacial score (nSPS) is 23.1. The zero-order valence-electron chi connectivity index (χ0n) is 11.4. The maximum Gasteiger partial charge on any atom is 0.233 e. The third kappa shape index (κ3) is 3.00. The Hall–Kier alpha value is -1.30. The van der Waals surface area contributed by atoms with E-state index < -0.39 is 5.41 Å². The lowest BCUT2D eigenvalue weighted by Gasteiger charge is -2.38. The first kappa shape index (κ1) is 14.1. The minimum atomic E-state index is -0.748. The summed E-state index contributed by atoms with van der Waals surface area (Å²) in [5.41, 5.74) is 4.90. The van der Waals surface area contributed by atoms with Gasteiger partial charge < -0.3 is 21.2 Å². The molecule has 0 bridgehead atoms. The molecule has 2 aliphatic rings.